The van der Waals surface area contributed by atoms with Crippen molar-refractivity contribution in [2.45, 2.75) is 6.54 Å². The molecular formula is C17H17NO3. The normalized spacial score (nSPS) is 10.7. The van der Waals surface area contributed by atoms with Gasteiger partial charge in [-0.15, -0.1) is 0 Å². The number of nitrogens with zero attached hydrogens (tertiary/aromatic N) is 1. The van der Waals surface area contributed by atoms with Gasteiger partial charge in [0.05, 0.1) is 0 Å². The van der Waals surface area contributed by atoms with E-state index in [1.54, 1.807) is 24.1 Å². The molecule has 1 amide bonds. The number of rotatable bonds is 4. The highest BCUT2D eigenvalue weighted by atomic mass is 16.3. The molecule has 0 unspecified atom stereocenters. The molecular weight excluding hydrogens is 266 g/mol. The maximum Gasteiger partial charge on any atom is 0.246 e. The molecule has 0 aliphatic heterocycles. The zero-order valence-corrected chi connectivity index (χ0v) is 11.7. The van der Waals surface area contributed by atoms with E-state index in [1.807, 2.05) is 30.3 Å². The highest BCUT2D eigenvalue weighted by Gasteiger charge is 2.05. The molecule has 4 nitrogen and oxygen atoms in total. The van der Waals surface area contributed by atoms with E-state index in [0.717, 1.165) is 5.56 Å². The molecule has 0 saturated carbocycles. The molecule has 4 heteroatoms. The van der Waals surface area contributed by atoms with Crippen molar-refractivity contribution in [1.29, 1.82) is 0 Å². The Bertz CT molecular complexity index is 650. The van der Waals surface area contributed by atoms with Gasteiger partial charge in [-0.3, -0.25) is 4.79 Å². The minimum absolute atomic E-state index is 0.133. The first kappa shape index (κ1) is 14.7. The Morgan fingerprint density at radius 2 is 1.81 bits per heavy atom. The zero-order chi connectivity index (χ0) is 15.2. The molecule has 0 saturated heterocycles. The number of carbonyl (C=O) groups excluding carboxylic acids is 1. The van der Waals surface area contributed by atoms with Gasteiger partial charge in [-0.1, -0.05) is 36.4 Å². The SMILES string of the molecule is CN(Cc1ccccc1)C(=O)/C=C/c1ccc(O)c(O)c1. The first-order valence-electron chi connectivity index (χ1n) is 6.55. The van der Waals surface area contributed by atoms with Crippen LogP contribution in [0.4, 0.5) is 0 Å². The van der Waals surface area contributed by atoms with E-state index < -0.39 is 0 Å². The van der Waals surface area contributed by atoms with Gasteiger partial charge in [0.25, 0.3) is 0 Å². The van der Waals surface area contributed by atoms with E-state index in [4.69, 9.17) is 0 Å². The molecule has 0 bridgehead atoms. The van der Waals surface area contributed by atoms with E-state index in [0.29, 0.717) is 12.1 Å². The van der Waals surface area contributed by atoms with E-state index in [2.05, 4.69) is 0 Å². The van der Waals surface area contributed by atoms with Crippen molar-refractivity contribution >= 4 is 12.0 Å². The predicted octanol–water partition coefficient (Wildman–Crippen LogP) is 2.77. The zero-order valence-electron chi connectivity index (χ0n) is 11.7. The van der Waals surface area contributed by atoms with Crippen LogP contribution in [0, 0.1) is 0 Å². The van der Waals surface area contributed by atoms with Gasteiger partial charge in [0.2, 0.25) is 5.91 Å². The second-order valence-electron chi connectivity index (χ2n) is 4.76. The average molecular weight is 283 g/mol. The highest BCUT2D eigenvalue weighted by Crippen LogP contribution is 2.25. The fourth-order valence-electron chi connectivity index (χ4n) is 1.87. The van der Waals surface area contributed by atoms with E-state index >= 15 is 0 Å². The molecule has 2 aromatic rings. The predicted molar refractivity (Wildman–Crippen MR) is 81.7 cm³/mol. The van der Waals surface area contributed by atoms with Gasteiger partial charge in [-0.05, 0) is 29.3 Å². The lowest BCUT2D eigenvalue weighted by Gasteiger charge is -2.15. The van der Waals surface area contributed by atoms with E-state index in [-0.39, 0.29) is 17.4 Å². The molecule has 0 fully saturated rings. The van der Waals surface area contributed by atoms with Crippen LogP contribution in [0.5, 0.6) is 11.5 Å². The number of likely N-dealkylation sites (N-methyl/N-ethyl adjacent to an activating group) is 1. The molecule has 2 aromatic carbocycles. The Labute approximate surface area is 123 Å². The average Bonchev–Trinajstić information content (AvgIpc) is 2.49. The van der Waals surface area contributed by atoms with Crippen LogP contribution in [0.1, 0.15) is 11.1 Å². The van der Waals surface area contributed by atoms with Crippen molar-refractivity contribution < 1.29 is 15.0 Å². The van der Waals surface area contributed by atoms with Crippen LogP contribution < -0.4 is 0 Å². The third-order valence-corrected chi connectivity index (χ3v) is 3.06. The summed E-state index contributed by atoms with van der Waals surface area (Å²) in [7, 11) is 1.73. The first-order chi connectivity index (χ1) is 10.1. The lowest BCUT2D eigenvalue weighted by atomic mass is 10.2. The summed E-state index contributed by atoms with van der Waals surface area (Å²) in [6, 6.07) is 14.1. The summed E-state index contributed by atoms with van der Waals surface area (Å²) in [5.74, 6) is -0.520. The van der Waals surface area contributed by atoms with Crippen molar-refractivity contribution in [3.63, 3.8) is 0 Å². The van der Waals surface area contributed by atoms with Gasteiger partial charge >= 0.3 is 0 Å². The van der Waals surface area contributed by atoms with Crippen LogP contribution in [0.2, 0.25) is 0 Å². The maximum absolute atomic E-state index is 12.0. The van der Waals surface area contributed by atoms with Gasteiger partial charge < -0.3 is 15.1 Å². The van der Waals surface area contributed by atoms with Crippen LogP contribution in [0.3, 0.4) is 0 Å². The van der Waals surface area contributed by atoms with E-state index in [9.17, 15) is 15.0 Å². The van der Waals surface area contributed by atoms with Crippen LogP contribution in [-0.4, -0.2) is 28.1 Å². The summed E-state index contributed by atoms with van der Waals surface area (Å²) >= 11 is 0. The van der Waals surface area contributed by atoms with Crippen molar-refractivity contribution in [2.24, 2.45) is 0 Å². The Balaban J connectivity index is 1.99. The van der Waals surface area contributed by atoms with Gasteiger partial charge in [0, 0.05) is 19.7 Å². The largest absolute Gasteiger partial charge is 0.504 e. The molecule has 0 atom stereocenters. The topological polar surface area (TPSA) is 60.8 Å². The number of phenolic OH excluding ortho intramolecular Hbond substituents is 2. The third kappa shape index (κ3) is 4.11. The number of benzene rings is 2. The van der Waals surface area contributed by atoms with Crippen LogP contribution in [0.15, 0.2) is 54.6 Å². The molecule has 2 rings (SSSR count). The molecule has 0 aromatic heterocycles. The summed E-state index contributed by atoms with van der Waals surface area (Å²) in [6.07, 6.45) is 3.04. The standard InChI is InChI=1S/C17H17NO3/c1-18(12-14-5-3-2-4-6-14)17(21)10-8-13-7-9-15(19)16(20)11-13/h2-11,19-20H,12H2,1H3/b10-8+. The Kier molecular flexibility index (Phi) is 4.61. The number of aromatic hydroxyl groups is 2. The summed E-state index contributed by atoms with van der Waals surface area (Å²) in [5.41, 5.74) is 1.70. The molecule has 0 aliphatic carbocycles. The second kappa shape index (κ2) is 6.61. The van der Waals surface area contributed by atoms with Crippen molar-refractivity contribution in [2.75, 3.05) is 7.05 Å². The summed E-state index contributed by atoms with van der Waals surface area (Å²) in [5, 5.41) is 18.6. The minimum Gasteiger partial charge on any atom is -0.504 e. The van der Waals surface area contributed by atoms with Gasteiger partial charge in [-0.2, -0.15) is 0 Å². The Morgan fingerprint density at radius 1 is 1.10 bits per heavy atom. The fraction of sp³-hybridized carbons (Fsp3) is 0.118. The van der Waals surface area contributed by atoms with Crippen LogP contribution in [-0.2, 0) is 11.3 Å². The lowest BCUT2D eigenvalue weighted by molar-refractivity contribution is -0.125. The molecule has 0 radical (unpaired) electrons. The number of amides is 1. The third-order valence-electron chi connectivity index (χ3n) is 3.06. The van der Waals surface area contributed by atoms with Crippen molar-refractivity contribution in [3.8, 4) is 11.5 Å². The molecule has 21 heavy (non-hydrogen) atoms. The monoisotopic (exact) mass is 283 g/mol. The lowest BCUT2D eigenvalue weighted by Crippen LogP contribution is -2.23. The quantitative estimate of drug-likeness (QED) is 0.670. The summed E-state index contributed by atoms with van der Waals surface area (Å²) in [6.45, 7) is 0.533. The smallest absolute Gasteiger partial charge is 0.246 e. The van der Waals surface area contributed by atoms with E-state index in [1.165, 1.54) is 18.2 Å². The number of hydrogen-bond acceptors (Lipinski definition) is 3. The second-order valence-corrected chi connectivity index (χ2v) is 4.76. The van der Waals surface area contributed by atoms with Crippen LogP contribution >= 0.6 is 0 Å². The first-order valence-corrected chi connectivity index (χ1v) is 6.55. The fourth-order valence-corrected chi connectivity index (χ4v) is 1.87. The van der Waals surface area contributed by atoms with Crippen molar-refractivity contribution in [3.05, 3.63) is 65.7 Å². The van der Waals surface area contributed by atoms with Gasteiger partial charge in [0.15, 0.2) is 11.5 Å². The number of hydrogen-bond donors (Lipinski definition) is 2. The Hall–Kier alpha value is -2.75. The van der Waals surface area contributed by atoms with Gasteiger partial charge in [0.1, 0.15) is 0 Å². The number of carbonyl (C=O) groups is 1. The van der Waals surface area contributed by atoms with Gasteiger partial charge in [-0.25, -0.2) is 0 Å². The highest BCUT2D eigenvalue weighted by molar-refractivity contribution is 5.91. The molecule has 0 spiro atoms. The molecule has 0 heterocycles. The summed E-state index contributed by atoms with van der Waals surface area (Å²) < 4.78 is 0. The molecule has 108 valence electrons. The minimum atomic E-state index is -0.206. The molecule has 0 aliphatic rings. The number of phenols is 2. The molecule has 2 N–H and O–H groups in total. The maximum atomic E-state index is 12.0. The summed E-state index contributed by atoms with van der Waals surface area (Å²) in [4.78, 5) is 13.6. The van der Waals surface area contributed by atoms with Crippen molar-refractivity contribution in [1.82, 2.24) is 4.90 Å². The Morgan fingerprint density at radius 3 is 2.48 bits per heavy atom. The van der Waals surface area contributed by atoms with Crippen LogP contribution in [0.25, 0.3) is 6.08 Å².